The van der Waals surface area contributed by atoms with Crippen LogP contribution in [0, 0.1) is 0 Å². The maximum Gasteiger partial charge on any atom is 0.0761 e. The van der Waals surface area contributed by atoms with Crippen molar-refractivity contribution in [3.05, 3.63) is 35.4 Å². The fraction of sp³-hybridized carbons (Fsp3) is 0.571. The molecule has 1 heteroatoms. The molecule has 0 heterocycles. The minimum Gasteiger partial charge on any atom is -0.389 e. The molecule has 0 amide bonds. The van der Waals surface area contributed by atoms with E-state index in [1.165, 1.54) is 37.7 Å². The molecule has 1 aliphatic carbocycles. The van der Waals surface area contributed by atoms with Gasteiger partial charge in [0.15, 0.2) is 0 Å². The van der Waals surface area contributed by atoms with Crippen molar-refractivity contribution in [2.75, 3.05) is 0 Å². The first kappa shape index (κ1) is 10.7. The zero-order chi connectivity index (χ0) is 10.7. The number of aliphatic hydroxyl groups excluding tert-OH is 1. The Hall–Kier alpha value is -0.820. The molecule has 0 saturated heterocycles. The lowest BCUT2D eigenvalue weighted by Gasteiger charge is -2.22. The lowest BCUT2D eigenvalue weighted by molar-refractivity contribution is 0.199. The fourth-order valence-electron chi connectivity index (χ4n) is 2.48. The Balaban J connectivity index is 2.08. The predicted octanol–water partition coefficient (Wildman–Crippen LogP) is 3.79. The molecular formula is C14H20O. The normalized spacial score (nSPS) is 20.1. The molecule has 1 nitrogen and oxygen atoms in total. The summed E-state index contributed by atoms with van der Waals surface area (Å²) < 4.78 is 0. The minimum absolute atomic E-state index is 0.342. The molecule has 2 rings (SSSR count). The van der Waals surface area contributed by atoms with Crippen molar-refractivity contribution in [1.29, 1.82) is 0 Å². The number of rotatable bonds is 2. The van der Waals surface area contributed by atoms with Gasteiger partial charge in [-0.1, -0.05) is 43.5 Å². The molecule has 0 aliphatic heterocycles. The van der Waals surface area contributed by atoms with Crippen molar-refractivity contribution in [2.24, 2.45) is 0 Å². The zero-order valence-corrected chi connectivity index (χ0v) is 9.45. The SMILES string of the molecule is C[C@H](O)c1ccc(C2CCCCC2)cc1. The number of aliphatic hydroxyl groups is 1. The highest BCUT2D eigenvalue weighted by Gasteiger charge is 2.15. The van der Waals surface area contributed by atoms with E-state index in [0.29, 0.717) is 0 Å². The third-order valence-corrected chi connectivity index (χ3v) is 3.50. The molecule has 0 radical (unpaired) electrons. The van der Waals surface area contributed by atoms with Crippen molar-refractivity contribution in [1.82, 2.24) is 0 Å². The average Bonchev–Trinajstić information content (AvgIpc) is 2.30. The van der Waals surface area contributed by atoms with Gasteiger partial charge in [0.2, 0.25) is 0 Å². The van der Waals surface area contributed by atoms with Crippen LogP contribution in [0.1, 0.15) is 62.2 Å². The first-order chi connectivity index (χ1) is 7.27. The van der Waals surface area contributed by atoms with Crippen molar-refractivity contribution in [3.8, 4) is 0 Å². The van der Waals surface area contributed by atoms with Crippen LogP contribution in [-0.2, 0) is 0 Å². The Morgan fingerprint density at radius 3 is 2.20 bits per heavy atom. The molecule has 0 bridgehead atoms. The molecule has 1 saturated carbocycles. The van der Waals surface area contributed by atoms with Gasteiger partial charge in [-0.25, -0.2) is 0 Å². The topological polar surface area (TPSA) is 20.2 Å². The predicted molar refractivity (Wildman–Crippen MR) is 62.9 cm³/mol. The molecule has 1 fully saturated rings. The Morgan fingerprint density at radius 2 is 1.67 bits per heavy atom. The highest BCUT2D eigenvalue weighted by atomic mass is 16.3. The van der Waals surface area contributed by atoms with Crippen LogP contribution >= 0.6 is 0 Å². The van der Waals surface area contributed by atoms with E-state index in [-0.39, 0.29) is 6.10 Å². The van der Waals surface area contributed by atoms with E-state index < -0.39 is 0 Å². The Bertz CT molecular complexity index is 294. The third kappa shape index (κ3) is 2.60. The summed E-state index contributed by atoms with van der Waals surface area (Å²) in [5, 5.41) is 9.42. The summed E-state index contributed by atoms with van der Waals surface area (Å²) in [5.74, 6) is 0.766. The summed E-state index contributed by atoms with van der Waals surface area (Å²) in [6.45, 7) is 1.82. The van der Waals surface area contributed by atoms with E-state index >= 15 is 0 Å². The second kappa shape index (κ2) is 4.80. The van der Waals surface area contributed by atoms with Gasteiger partial charge < -0.3 is 5.11 Å². The van der Waals surface area contributed by atoms with E-state index in [0.717, 1.165) is 11.5 Å². The van der Waals surface area contributed by atoms with Crippen LogP contribution in [0.4, 0.5) is 0 Å². The maximum absolute atomic E-state index is 9.42. The van der Waals surface area contributed by atoms with Crippen LogP contribution in [0.25, 0.3) is 0 Å². The second-order valence-corrected chi connectivity index (χ2v) is 4.68. The molecule has 0 unspecified atom stereocenters. The number of hydrogen-bond donors (Lipinski definition) is 1. The lowest BCUT2D eigenvalue weighted by Crippen LogP contribution is -2.04. The molecule has 0 spiro atoms. The summed E-state index contributed by atoms with van der Waals surface area (Å²) >= 11 is 0. The van der Waals surface area contributed by atoms with Crippen LogP contribution in [0.2, 0.25) is 0 Å². The van der Waals surface area contributed by atoms with Gasteiger partial charge in [0.1, 0.15) is 0 Å². The van der Waals surface area contributed by atoms with Crippen molar-refractivity contribution in [3.63, 3.8) is 0 Å². The smallest absolute Gasteiger partial charge is 0.0761 e. The van der Waals surface area contributed by atoms with E-state index in [2.05, 4.69) is 24.3 Å². The molecular weight excluding hydrogens is 184 g/mol. The van der Waals surface area contributed by atoms with Gasteiger partial charge in [0.25, 0.3) is 0 Å². The Morgan fingerprint density at radius 1 is 1.07 bits per heavy atom. The van der Waals surface area contributed by atoms with E-state index in [4.69, 9.17) is 0 Å². The Kier molecular flexibility index (Phi) is 3.42. The van der Waals surface area contributed by atoms with Crippen molar-refractivity contribution >= 4 is 0 Å². The zero-order valence-electron chi connectivity index (χ0n) is 9.45. The van der Waals surface area contributed by atoms with Crippen LogP contribution in [-0.4, -0.2) is 5.11 Å². The summed E-state index contributed by atoms with van der Waals surface area (Å²) in [6.07, 6.45) is 6.50. The monoisotopic (exact) mass is 204 g/mol. The van der Waals surface area contributed by atoms with Gasteiger partial charge in [-0.3, -0.25) is 0 Å². The molecule has 1 aromatic rings. The van der Waals surface area contributed by atoms with E-state index in [1.807, 2.05) is 6.92 Å². The lowest BCUT2D eigenvalue weighted by atomic mass is 9.84. The highest BCUT2D eigenvalue weighted by molar-refractivity contribution is 5.26. The largest absolute Gasteiger partial charge is 0.389 e. The van der Waals surface area contributed by atoms with Gasteiger partial charge in [0, 0.05) is 0 Å². The molecule has 1 N–H and O–H groups in total. The summed E-state index contributed by atoms with van der Waals surface area (Å²) in [5.41, 5.74) is 2.48. The summed E-state index contributed by atoms with van der Waals surface area (Å²) in [4.78, 5) is 0. The fourth-order valence-corrected chi connectivity index (χ4v) is 2.48. The first-order valence-electron chi connectivity index (χ1n) is 6.05. The minimum atomic E-state index is -0.342. The van der Waals surface area contributed by atoms with Crippen LogP contribution < -0.4 is 0 Å². The molecule has 1 aromatic carbocycles. The molecule has 0 aromatic heterocycles. The number of benzene rings is 1. The molecule has 1 atom stereocenters. The average molecular weight is 204 g/mol. The van der Waals surface area contributed by atoms with Crippen LogP contribution in [0.5, 0.6) is 0 Å². The number of hydrogen-bond acceptors (Lipinski definition) is 1. The summed E-state index contributed by atoms with van der Waals surface area (Å²) in [7, 11) is 0. The highest BCUT2D eigenvalue weighted by Crippen LogP contribution is 2.32. The molecule has 82 valence electrons. The van der Waals surface area contributed by atoms with Gasteiger partial charge in [-0.2, -0.15) is 0 Å². The maximum atomic E-state index is 9.42. The molecule has 15 heavy (non-hydrogen) atoms. The van der Waals surface area contributed by atoms with Crippen LogP contribution in [0.15, 0.2) is 24.3 Å². The standard InChI is InChI=1S/C14H20O/c1-11(15)12-7-9-14(10-8-12)13-5-3-2-4-6-13/h7-11,13,15H,2-6H2,1H3/t11-/m0/s1. The quantitative estimate of drug-likeness (QED) is 0.777. The molecule has 1 aliphatic rings. The van der Waals surface area contributed by atoms with Gasteiger partial charge in [0.05, 0.1) is 6.10 Å². The van der Waals surface area contributed by atoms with Gasteiger partial charge in [-0.05, 0) is 36.8 Å². The van der Waals surface area contributed by atoms with E-state index in [9.17, 15) is 5.11 Å². The second-order valence-electron chi connectivity index (χ2n) is 4.68. The van der Waals surface area contributed by atoms with Crippen molar-refractivity contribution < 1.29 is 5.11 Å². The van der Waals surface area contributed by atoms with Gasteiger partial charge in [-0.15, -0.1) is 0 Å². The van der Waals surface area contributed by atoms with Crippen LogP contribution in [0.3, 0.4) is 0 Å². The van der Waals surface area contributed by atoms with E-state index in [1.54, 1.807) is 0 Å². The van der Waals surface area contributed by atoms with Gasteiger partial charge >= 0.3 is 0 Å². The Labute approximate surface area is 92.1 Å². The summed E-state index contributed by atoms with van der Waals surface area (Å²) in [6, 6.07) is 8.51. The third-order valence-electron chi connectivity index (χ3n) is 3.50. The van der Waals surface area contributed by atoms with Crippen molar-refractivity contribution in [2.45, 2.75) is 51.0 Å². The first-order valence-corrected chi connectivity index (χ1v) is 6.05.